The zero-order valence-corrected chi connectivity index (χ0v) is 13.2. The fourth-order valence-corrected chi connectivity index (χ4v) is 2.55. The number of carbonyl (C=O) groups is 1. The first-order valence-electron chi connectivity index (χ1n) is 7.76. The first kappa shape index (κ1) is 15.3. The summed E-state index contributed by atoms with van der Waals surface area (Å²) in [6.07, 6.45) is 2.53. The van der Waals surface area contributed by atoms with Gasteiger partial charge in [-0.2, -0.15) is 0 Å². The molecule has 0 saturated heterocycles. The second-order valence-corrected chi connectivity index (χ2v) is 5.59. The van der Waals surface area contributed by atoms with Gasteiger partial charge in [0.05, 0.1) is 5.69 Å². The van der Waals surface area contributed by atoms with Crippen LogP contribution in [0.15, 0.2) is 54.3 Å². The van der Waals surface area contributed by atoms with Crippen LogP contribution in [0.5, 0.6) is 5.75 Å². The van der Waals surface area contributed by atoms with Gasteiger partial charge in [0.25, 0.3) is 5.91 Å². The van der Waals surface area contributed by atoms with E-state index >= 15 is 0 Å². The Bertz CT molecular complexity index is 735. The lowest BCUT2D eigenvalue weighted by molar-refractivity contribution is -0.117. The van der Waals surface area contributed by atoms with Gasteiger partial charge in [0.1, 0.15) is 0 Å². The standard InChI is InChI=1S/C19H20N2O2/c1-14-7-9-15(10-8-14)13-18-19(22)21(12-4-11-20)16-5-2-3-6-17(16)23-18/h2-3,5-10,13H,4,11-12,20H2,1H3/b18-13+. The van der Waals surface area contributed by atoms with Crippen LogP contribution < -0.4 is 15.4 Å². The molecule has 2 aromatic rings. The van der Waals surface area contributed by atoms with E-state index in [9.17, 15) is 4.79 Å². The minimum atomic E-state index is -0.127. The molecule has 3 rings (SSSR count). The van der Waals surface area contributed by atoms with Gasteiger partial charge in [-0.15, -0.1) is 0 Å². The van der Waals surface area contributed by atoms with Crippen LogP contribution in [0.1, 0.15) is 17.5 Å². The van der Waals surface area contributed by atoms with E-state index in [1.807, 2.05) is 55.5 Å². The highest BCUT2D eigenvalue weighted by atomic mass is 16.5. The van der Waals surface area contributed by atoms with Crippen molar-refractivity contribution in [2.45, 2.75) is 13.3 Å². The summed E-state index contributed by atoms with van der Waals surface area (Å²) in [4.78, 5) is 14.5. The minimum absolute atomic E-state index is 0.127. The molecule has 23 heavy (non-hydrogen) atoms. The number of fused-ring (bicyclic) bond motifs is 1. The Labute approximate surface area is 136 Å². The van der Waals surface area contributed by atoms with E-state index in [1.54, 1.807) is 11.0 Å². The van der Waals surface area contributed by atoms with E-state index in [4.69, 9.17) is 10.5 Å². The van der Waals surface area contributed by atoms with Gasteiger partial charge in [-0.05, 0) is 43.7 Å². The molecule has 1 aliphatic rings. The fourth-order valence-electron chi connectivity index (χ4n) is 2.55. The maximum absolute atomic E-state index is 12.8. The Morgan fingerprint density at radius 1 is 1.13 bits per heavy atom. The molecular formula is C19H20N2O2. The Hall–Kier alpha value is -2.59. The van der Waals surface area contributed by atoms with Crippen molar-refractivity contribution in [3.8, 4) is 5.75 Å². The minimum Gasteiger partial charge on any atom is -0.449 e. The average Bonchev–Trinajstić information content (AvgIpc) is 2.57. The van der Waals surface area contributed by atoms with Crippen LogP contribution in [0.3, 0.4) is 0 Å². The Morgan fingerprint density at radius 2 is 1.87 bits per heavy atom. The monoisotopic (exact) mass is 308 g/mol. The van der Waals surface area contributed by atoms with E-state index in [-0.39, 0.29) is 5.91 Å². The van der Waals surface area contributed by atoms with Crippen LogP contribution in [0.2, 0.25) is 0 Å². The normalized spacial score (nSPS) is 15.5. The summed E-state index contributed by atoms with van der Waals surface area (Å²) in [6.45, 7) is 3.16. The van der Waals surface area contributed by atoms with Crippen LogP contribution in [-0.2, 0) is 4.79 Å². The summed E-state index contributed by atoms with van der Waals surface area (Å²) in [5, 5.41) is 0. The summed E-state index contributed by atoms with van der Waals surface area (Å²) in [5.41, 5.74) is 8.52. The van der Waals surface area contributed by atoms with Gasteiger partial charge < -0.3 is 15.4 Å². The molecule has 1 amide bonds. The highest BCUT2D eigenvalue weighted by Gasteiger charge is 2.29. The predicted molar refractivity (Wildman–Crippen MR) is 92.3 cm³/mol. The van der Waals surface area contributed by atoms with Gasteiger partial charge >= 0.3 is 0 Å². The molecule has 1 aliphatic heterocycles. The van der Waals surface area contributed by atoms with Crippen molar-refractivity contribution < 1.29 is 9.53 Å². The topological polar surface area (TPSA) is 55.6 Å². The van der Waals surface area contributed by atoms with Crippen molar-refractivity contribution in [2.24, 2.45) is 5.73 Å². The van der Waals surface area contributed by atoms with Crippen LogP contribution in [0, 0.1) is 6.92 Å². The van der Waals surface area contributed by atoms with E-state index in [0.29, 0.717) is 24.6 Å². The number of carbonyl (C=O) groups excluding carboxylic acids is 1. The smallest absolute Gasteiger partial charge is 0.294 e. The number of rotatable bonds is 4. The maximum atomic E-state index is 12.8. The molecule has 0 radical (unpaired) electrons. The molecule has 0 bridgehead atoms. The van der Waals surface area contributed by atoms with Crippen LogP contribution >= 0.6 is 0 Å². The second kappa shape index (κ2) is 6.67. The Kier molecular flexibility index (Phi) is 4.44. The largest absolute Gasteiger partial charge is 0.449 e. The van der Waals surface area contributed by atoms with E-state index in [0.717, 1.165) is 17.7 Å². The molecule has 2 N–H and O–H groups in total. The molecule has 4 heteroatoms. The molecule has 0 saturated carbocycles. The Balaban J connectivity index is 1.96. The molecule has 0 aliphatic carbocycles. The molecule has 0 unspecified atom stereocenters. The number of hydrogen-bond acceptors (Lipinski definition) is 3. The summed E-state index contributed by atoms with van der Waals surface area (Å²) < 4.78 is 5.83. The lowest BCUT2D eigenvalue weighted by Crippen LogP contribution is -2.38. The first-order valence-corrected chi connectivity index (χ1v) is 7.76. The molecule has 0 aromatic heterocycles. The third kappa shape index (κ3) is 3.27. The van der Waals surface area contributed by atoms with Gasteiger partial charge in [0.15, 0.2) is 11.5 Å². The molecule has 0 spiro atoms. The number of nitrogens with two attached hydrogens (primary N) is 1. The third-order valence-electron chi connectivity index (χ3n) is 3.79. The van der Waals surface area contributed by atoms with E-state index < -0.39 is 0 Å². The van der Waals surface area contributed by atoms with Gasteiger partial charge in [0, 0.05) is 6.54 Å². The van der Waals surface area contributed by atoms with Crippen LogP contribution in [-0.4, -0.2) is 19.0 Å². The van der Waals surface area contributed by atoms with Crippen molar-refractivity contribution in [3.63, 3.8) is 0 Å². The highest BCUT2D eigenvalue weighted by molar-refractivity contribution is 6.09. The van der Waals surface area contributed by atoms with Crippen molar-refractivity contribution >= 4 is 17.7 Å². The number of anilines is 1. The predicted octanol–water partition coefficient (Wildman–Crippen LogP) is 3.11. The highest BCUT2D eigenvalue weighted by Crippen LogP contribution is 2.35. The lowest BCUT2D eigenvalue weighted by Gasteiger charge is -2.30. The summed E-state index contributed by atoms with van der Waals surface area (Å²) in [5.74, 6) is 0.907. The summed E-state index contributed by atoms with van der Waals surface area (Å²) in [6, 6.07) is 15.6. The van der Waals surface area contributed by atoms with Crippen molar-refractivity contribution in [3.05, 3.63) is 65.4 Å². The number of amides is 1. The molecule has 4 nitrogen and oxygen atoms in total. The summed E-state index contributed by atoms with van der Waals surface area (Å²) in [7, 11) is 0. The van der Waals surface area contributed by atoms with Gasteiger partial charge in [-0.3, -0.25) is 4.79 Å². The zero-order chi connectivity index (χ0) is 16.2. The number of aryl methyl sites for hydroxylation is 1. The molecular weight excluding hydrogens is 288 g/mol. The van der Waals surface area contributed by atoms with Gasteiger partial charge in [-0.1, -0.05) is 42.0 Å². The van der Waals surface area contributed by atoms with E-state index in [2.05, 4.69) is 0 Å². The van der Waals surface area contributed by atoms with Crippen LogP contribution in [0.4, 0.5) is 5.69 Å². The number of hydrogen-bond donors (Lipinski definition) is 1. The van der Waals surface area contributed by atoms with Crippen molar-refractivity contribution in [1.82, 2.24) is 0 Å². The molecule has 0 atom stereocenters. The molecule has 118 valence electrons. The number of benzene rings is 2. The molecule has 2 aromatic carbocycles. The maximum Gasteiger partial charge on any atom is 0.294 e. The zero-order valence-electron chi connectivity index (χ0n) is 13.2. The molecule has 0 fully saturated rings. The average molecular weight is 308 g/mol. The van der Waals surface area contributed by atoms with Crippen LogP contribution in [0.25, 0.3) is 6.08 Å². The van der Waals surface area contributed by atoms with Gasteiger partial charge in [0.2, 0.25) is 0 Å². The fraction of sp³-hybridized carbons (Fsp3) is 0.211. The van der Waals surface area contributed by atoms with E-state index in [1.165, 1.54) is 5.56 Å². The quantitative estimate of drug-likeness (QED) is 0.883. The van der Waals surface area contributed by atoms with Crippen molar-refractivity contribution in [2.75, 3.05) is 18.0 Å². The summed E-state index contributed by atoms with van der Waals surface area (Å²) >= 11 is 0. The van der Waals surface area contributed by atoms with Crippen molar-refractivity contribution in [1.29, 1.82) is 0 Å². The SMILES string of the molecule is Cc1ccc(/C=C2/Oc3ccccc3N(CCCN)C2=O)cc1. The number of ether oxygens (including phenoxy) is 1. The number of nitrogens with zero attached hydrogens (tertiary/aromatic N) is 1. The first-order chi connectivity index (χ1) is 11.2. The number of para-hydroxylation sites is 2. The van der Waals surface area contributed by atoms with Gasteiger partial charge in [-0.25, -0.2) is 0 Å². The lowest BCUT2D eigenvalue weighted by atomic mass is 10.1. The molecule has 1 heterocycles. The third-order valence-corrected chi connectivity index (χ3v) is 3.79. The second-order valence-electron chi connectivity index (χ2n) is 5.59. The Morgan fingerprint density at radius 3 is 2.61 bits per heavy atom.